The van der Waals surface area contributed by atoms with Gasteiger partial charge in [0.05, 0.1) is 6.17 Å². The molecule has 0 aromatic carbocycles. The van der Waals surface area contributed by atoms with Crippen LogP contribution in [0.4, 0.5) is 0 Å². The molecule has 1 rings (SSSR count). The van der Waals surface area contributed by atoms with Gasteiger partial charge in [-0.05, 0) is 26.5 Å². The molecule has 2 atom stereocenters. The second kappa shape index (κ2) is 4.28. The Morgan fingerprint density at radius 3 is 3.00 bits per heavy atom. The normalized spacial score (nSPS) is 24.1. The summed E-state index contributed by atoms with van der Waals surface area (Å²) in [5.74, 6) is 0. The molecule has 0 amide bonds. The molecule has 0 saturated heterocycles. The fourth-order valence-corrected chi connectivity index (χ4v) is 1.24. The molecule has 1 unspecified atom stereocenters. The molecular formula is C9H17N3. The van der Waals surface area contributed by atoms with Crippen LogP contribution in [-0.2, 0) is 0 Å². The number of rotatable bonds is 4. The van der Waals surface area contributed by atoms with Crippen LogP contribution in [0.15, 0.2) is 24.9 Å². The summed E-state index contributed by atoms with van der Waals surface area (Å²) in [6, 6.07) is 0.518. The average Bonchev–Trinajstić information content (AvgIpc) is 2.55. The van der Waals surface area contributed by atoms with Gasteiger partial charge in [-0.3, -0.25) is 4.90 Å². The number of hydrogen-bond donors (Lipinski definition) is 2. The Labute approximate surface area is 74.1 Å². The summed E-state index contributed by atoms with van der Waals surface area (Å²) in [6.45, 7) is 5.92. The van der Waals surface area contributed by atoms with Crippen molar-refractivity contribution in [2.75, 3.05) is 7.05 Å². The van der Waals surface area contributed by atoms with Gasteiger partial charge in [0.15, 0.2) is 0 Å². The first-order valence-electron chi connectivity index (χ1n) is 4.26. The van der Waals surface area contributed by atoms with Crippen molar-refractivity contribution in [2.45, 2.75) is 25.6 Å². The van der Waals surface area contributed by atoms with Crippen molar-refractivity contribution < 1.29 is 0 Å². The van der Waals surface area contributed by atoms with Gasteiger partial charge in [0.2, 0.25) is 0 Å². The zero-order chi connectivity index (χ0) is 8.97. The van der Waals surface area contributed by atoms with Gasteiger partial charge in [-0.2, -0.15) is 0 Å². The monoisotopic (exact) mass is 167 g/mol. The predicted molar refractivity (Wildman–Crippen MR) is 51.2 cm³/mol. The summed E-state index contributed by atoms with van der Waals surface area (Å²) in [4.78, 5) is 2.26. The van der Waals surface area contributed by atoms with E-state index in [0.717, 1.165) is 6.42 Å². The van der Waals surface area contributed by atoms with Crippen molar-refractivity contribution in [2.24, 2.45) is 0 Å². The molecule has 0 saturated carbocycles. The first-order chi connectivity index (χ1) is 5.75. The molecule has 1 aliphatic heterocycles. The largest absolute Gasteiger partial charge is 0.327 e. The Morgan fingerprint density at radius 1 is 1.75 bits per heavy atom. The van der Waals surface area contributed by atoms with Gasteiger partial charge in [0.25, 0.3) is 0 Å². The SMILES string of the molecule is C=CCC(C)N(C)[C@H]1C=CNN1. The molecule has 0 aliphatic carbocycles. The molecule has 2 N–H and O–H groups in total. The third kappa shape index (κ3) is 2.09. The highest BCUT2D eigenvalue weighted by molar-refractivity contribution is 4.97. The minimum atomic E-state index is 0.306. The Hall–Kier alpha value is -0.800. The molecular weight excluding hydrogens is 150 g/mol. The van der Waals surface area contributed by atoms with E-state index in [1.54, 1.807) is 0 Å². The molecule has 0 radical (unpaired) electrons. The van der Waals surface area contributed by atoms with E-state index in [1.165, 1.54) is 0 Å². The molecule has 0 fully saturated rings. The highest BCUT2D eigenvalue weighted by Crippen LogP contribution is 2.07. The number of likely N-dealkylation sites (N-methyl/N-ethyl adjacent to an activating group) is 1. The van der Waals surface area contributed by atoms with Crippen LogP contribution in [0.3, 0.4) is 0 Å². The lowest BCUT2D eigenvalue weighted by atomic mass is 10.2. The minimum absolute atomic E-state index is 0.306. The molecule has 3 heteroatoms. The second-order valence-electron chi connectivity index (χ2n) is 3.13. The summed E-state index contributed by atoms with van der Waals surface area (Å²) in [5, 5.41) is 0. The second-order valence-corrected chi connectivity index (χ2v) is 3.13. The van der Waals surface area contributed by atoms with Gasteiger partial charge in [0, 0.05) is 12.2 Å². The molecule has 12 heavy (non-hydrogen) atoms. The number of hydrogen-bond acceptors (Lipinski definition) is 3. The lowest BCUT2D eigenvalue weighted by Crippen LogP contribution is -2.46. The molecule has 1 aliphatic rings. The first-order valence-corrected chi connectivity index (χ1v) is 4.26. The zero-order valence-electron chi connectivity index (χ0n) is 7.75. The minimum Gasteiger partial charge on any atom is -0.327 e. The van der Waals surface area contributed by atoms with Crippen molar-refractivity contribution in [3.05, 3.63) is 24.9 Å². The van der Waals surface area contributed by atoms with Crippen molar-refractivity contribution in [3.63, 3.8) is 0 Å². The number of nitrogens with one attached hydrogen (secondary N) is 2. The van der Waals surface area contributed by atoms with E-state index in [-0.39, 0.29) is 0 Å². The van der Waals surface area contributed by atoms with E-state index >= 15 is 0 Å². The van der Waals surface area contributed by atoms with Crippen LogP contribution in [0.2, 0.25) is 0 Å². The predicted octanol–water partition coefficient (Wildman–Crippen LogP) is 0.830. The zero-order valence-corrected chi connectivity index (χ0v) is 7.75. The maximum Gasteiger partial charge on any atom is 0.0979 e. The first kappa shape index (κ1) is 9.29. The molecule has 1 heterocycles. The van der Waals surface area contributed by atoms with E-state index in [1.807, 2.05) is 12.3 Å². The van der Waals surface area contributed by atoms with Crippen LogP contribution in [0.25, 0.3) is 0 Å². The Kier molecular flexibility index (Phi) is 3.31. The lowest BCUT2D eigenvalue weighted by molar-refractivity contribution is 0.189. The standard InChI is InChI=1S/C9H17N3/c1-4-5-8(2)12(3)9-6-7-10-11-9/h4,6-11H,1,5H2,2-3H3/t8?,9-/m0/s1. The van der Waals surface area contributed by atoms with Crippen LogP contribution in [-0.4, -0.2) is 24.2 Å². The van der Waals surface area contributed by atoms with E-state index in [0.29, 0.717) is 12.2 Å². The van der Waals surface area contributed by atoms with Crippen LogP contribution in [0.1, 0.15) is 13.3 Å². The van der Waals surface area contributed by atoms with Gasteiger partial charge in [-0.25, -0.2) is 5.43 Å². The van der Waals surface area contributed by atoms with Crippen LogP contribution >= 0.6 is 0 Å². The van der Waals surface area contributed by atoms with E-state index in [2.05, 4.69) is 42.4 Å². The van der Waals surface area contributed by atoms with Crippen LogP contribution in [0, 0.1) is 0 Å². The number of hydrazine groups is 1. The van der Waals surface area contributed by atoms with Crippen molar-refractivity contribution in [3.8, 4) is 0 Å². The van der Waals surface area contributed by atoms with Gasteiger partial charge >= 0.3 is 0 Å². The maximum atomic E-state index is 3.73. The molecule has 3 nitrogen and oxygen atoms in total. The molecule has 0 aromatic heterocycles. The van der Waals surface area contributed by atoms with Crippen LogP contribution in [0.5, 0.6) is 0 Å². The fourth-order valence-electron chi connectivity index (χ4n) is 1.24. The number of nitrogens with zero attached hydrogens (tertiary/aromatic N) is 1. The Bertz CT molecular complexity index is 177. The molecule has 0 bridgehead atoms. The van der Waals surface area contributed by atoms with E-state index in [4.69, 9.17) is 0 Å². The summed E-state index contributed by atoms with van der Waals surface area (Å²) < 4.78 is 0. The lowest BCUT2D eigenvalue weighted by Gasteiger charge is -2.28. The smallest absolute Gasteiger partial charge is 0.0979 e. The third-order valence-corrected chi connectivity index (χ3v) is 2.23. The Balaban J connectivity index is 2.39. The molecule has 0 aromatic rings. The highest BCUT2D eigenvalue weighted by atomic mass is 15.5. The summed E-state index contributed by atoms with van der Waals surface area (Å²) >= 11 is 0. The maximum absolute atomic E-state index is 3.73. The molecule has 68 valence electrons. The van der Waals surface area contributed by atoms with Gasteiger partial charge < -0.3 is 5.43 Å². The topological polar surface area (TPSA) is 27.3 Å². The van der Waals surface area contributed by atoms with Gasteiger partial charge in [0.1, 0.15) is 0 Å². The van der Waals surface area contributed by atoms with Gasteiger partial charge in [-0.15, -0.1) is 6.58 Å². The van der Waals surface area contributed by atoms with E-state index < -0.39 is 0 Å². The third-order valence-electron chi connectivity index (χ3n) is 2.23. The summed E-state index contributed by atoms with van der Waals surface area (Å²) in [6.07, 6.45) is 7.29. The van der Waals surface area contributed by atoms with Crippen molar-refractivity contribution in [1.29, 1.82) is 0 Å². The Morgan fingerprint density at radius 2 is 2.50 bits per heavy atom. The highest BCUT2D eigenvalue weighted by Gasteiger charge is 2.17. The average molecular weight is 167 g/mol. The fraction of sp³-hybridized carbons (Fsp3) is 0.556. The van der Waals surface area contributed by atoms with Crippen molar-refractivity contribution >= 4 is 0 Å². The summed E-state index contributed by atoms with van der Waals surface area (Å²) in [5.41, 5.74) is 6.08. The van der Waals surface area contributed by atoms with E-state index in [9.17, 15) is 0 Å². The van der Waals surface area contributed by atoms with Gasteiger partial charge in [-0.1, -0.05) is 6.08 Å². The summed E-state index contributed by atoms with van der Waals surface area (Å²) in [7, 11) is 2.10. The molecule has 0 spiro atoms. The quantitative estimate of drug-likeness (QED) is 0.607. The van der Waals surface area contributed by atoms with Crippen molar-refractivity contribution in [1.82, 2.24) is 15.8 Å². The van der Waals surface area contributed by atoms with Crippen LogP contribution < -0.4 is 10.9 Å².